The lowest BCUT2D eigenvalue weighted by atomic mass is 9.88. The summed E-state index contributed by atoms with van der Waals surface area (Å²) in [7, 11) is 1.88. The molecule has 0 amide bonds. The fourth-order valence-corrected chi connectivity index (χ4v) is 3.49. The smallest absolute Gasteiger partial charge is 0.193 e. The molecule has 1 fully saturated rings. The Morgan fingerprint density at radius 3 is 1.96 bits per heavy atom. The van der Waals surface area contributed by atoms with E-state index in [4.69, 9.17) is 0 Å². The maximum absolute atomic E-state index is 4.44. The minimum absolute atomic E-state index is 0. The van der Waals surface area contributed by atoms with Crippen molar-refractivity contribution >= 4 is 29.9 Å². The number of nitrogens with one attached hydrogen (secondary N) is 1. The van der Waals surface area contributed by atoms with E-state index in [0.29, 0.717) is 5.92 Å². The van der Waals surface area contributed by atoms with Gasteiger partial charge in [-0.1, -0.05) is 60.7 Å². The van der Waals surface area contributed by atoms with Gasteiger partial charge in [0.05, 0.1) is 0 Å². The number of likely N-dealkylation sites (tertiary alicyclic amines) is 1. The number of hydrogen-bond donors (Lipinski definition) is 1. The molecule has 0 aliphatic carbocycles. The lowest BCUT2D eigenvalue weighted by Gasteiger charge is -2.23. The van der Waals surface area contributed by atoms with E-state index >= 15 is 0 Å². The summed E-state index contributed by atoms with van der Waals surface area (Å²) in [6, 6.07) is 21.6. The average molecular weight is 449 g/mol. The zero-order valence-corrected chi connectivity index (χ0v) is 17.2. The topological polar surface area (TPSA) is 27.6 Å². The molecule has 1 saturated heterocycles. The second kappa shape index (κ2) is 10.4. The molecule has 3 rings (SSSR count). The molecule has 0 saturated carbocycles. The van der Waals surface area contributed by atoms with Crippen molar-refractivity contribution in [1.29, 1.82) is 0 Å². The Kier molecular flexibility index (Phi) is 8.25. The quantitative estimate of drug-likeness (QED) is 0.414. The van der Waals surface area contributed by atoms with Crippen LogP contribution in [0.25, 0.3) is 0 Å². The highest BCUT2D eigenvalue weighted by atomic mass is 127. The summed E-state index contributed by atoms with van der Waals surface area (Å²) in [5.41, 5.74) is 2.75. The first-order valence-corrected chi connectivity index (χ1v) is 8.94. The lowest BCUT2D eigenvalue weighted by Crippen LogP contribution is -2.40. The van der Waals surface area contributed by atoms with E-state index in [1.807, 2.05) is 7.05 Å². The SMILES string of the molecule is CN=C(NCCC(c1ccccc1)c1ccccc1)N1CCCC1.I. The van der Waals surface area contributed by atoms with Crippen LogP contribution in [0.2, 0.25) is 0 Å². The van der Waals surface area contributed by atoms with Crippen molar-refractivity contribution in [3.8, 4) is 0 Å². The van der Waals surface area contributed by atoms with Crippen molar-refractivity contribution < 1.29 is 0 Å². The van der Waals surface area contributed by atoms with Gasteiger partial charge >= 0.3 is 0 Å². The number of benzene rings is 2. The summed E-state index contributed by atoms with van der Waals surface area (Å²) < 4.78 is 0. The van der Waals surface area contributed by atoms with Gasteiger partial charge in [-0.2, -0.15) is 0 Å². The number of hydrogen-bond acceptors (Lipinski definition) is 1. The first kappa shape index (κ1) is 19.8. The van der Waals surface area contributed by atoms with Gasteiger partial charge in [-0.15, -0.1) is 24.0 Å². The maximum Gasteiger partial charge on any atom is 0.193 e. The van der Waals surface area contributed by atoms with E-state index in [1.165, 1.54) is 24.0 Å². The molecular formula is C21H28IN3. The summed E-state index contributed by atoms with van der Waals surface area (Å²) in [6.07, 6.45) is 3.61. The van der Waals surface area contributed by atoms with Crippen molar-refractivity contribution in [1.82, 2.24) is 10.2 Å². The molecule has 3 nitrogen and oxygen atoms in total. The Bertz CT molecular complexity index is 597. The van der Waals surface area contributed by atoms with E-state index in [0.717, 1.165) is 32.0 Å². The van der Waals surface area contributed by atoms with Crippen molar-refractivity contribution in [2.45, 2.75) is 25.2 Å². The summed E-state index contributed by atoms with van der Waals surface area (Å²) in [5.74, 6) is 1.46. The molecule has 4 heteroatoms. The summed E-state index contributed by atoms with van der Waals surface area (Å²) in [6.45, 7) is 3.18. The third-order valence-electron chi connectivity index (χ3n) is 4.74. The van der Waals surface area contributed by atoms with E-state index in [9.17, 15) is 0 Å². The number of rotatable bonds is 5. The van der Waals surface area contributed by atoms with Crippen LogP contribution in [0, 0.1) is 0 Å². The molecule has 0 unspecified atom stereocenters. The molecule has 1 aliphatic heterocycles. The summed E-state index contributed by atoms with van der Waals surface area (Å²) >= 11 is 0. The van der Waals surface area contributed by atoms with Gasteiger partial charge in [-0.3, -0.25) is 4.99 Å². The minimum Gasteiger partial charge on any atom is -0.356 e. The first-order chi connectivity index (χ1) is 11.9. The molecular weight excluding hydrogens is 421 g/mol. The molecule has 0 spiro atoms. The van der Waals surface area contributed by atoms with Gasteiger partial charge < -0.3 is 10.2 Å². The Morgan fingerprint density at radius 1 is 0.960 bits per heavy atom. The Balaban J connectivity index is 0.00000225. The fraction of sp³-hybridized carbons (Fsp3) is 0.381. The highest BCUT2D eigenvalue weighted by molar-refractivity contribution is 14.0. The van der Waals surface area contributed by atoms with Gasteiger partial charge in [-0.05, 0) is 30.4 Å². The number of aliphatic imine (C=N–C) groups is 1. The van der Waals surface area contributed by atoms with Crippen molar-refractivity contribution in [2.24, 2.45) is 4.99 Å². The van der Waals surface area contributed by atoms with Crippen LogP contribution >= 0.6 is 24.0 Å². The van der Waals surface area contributed by atoms with Crippen LogP contribution in [0.1, 0.15) is 36.3 Å². The van der Waals surface area contributed by atoms with Crippen molar-refractivity contribution in [3.05, 3.63) is 71.8 Å². The number of halogens is 1. The van der Waals surface area contributed by atoms with Crippen LogP contribution in [-0.2, 0) is 0 Å². The van der Waals surface area contributed by atoms with E-state index in [1.54, 1.807) is 0 Å². The Labute approximate surface area is 168 Å². The molecule has 0 bridgehead atoms. The molecule has 2 aromatic rings. The van der Waals surface area contributed by atoms with Gasteiger partial charge in [0, 0.05) is 32.6 Å². The van der Waals surface area contributed by atoms with E-state index in [2.05, 4.69) is 75.9 Å². The number of guanidine groups is 1. The molecule has 1 aliphatic rings. The third kappa shape index (κ3) is 5.46. The third-order valence-corrected chi connectivity index (χ3v) is 4.74. The molecule has 1 heterocycles. The van der Waals surface area contributed by atoms with Gasteiger partial charge in [-0.25, -0.2) is 0 Å². The highest BCUT2D eigenvalue weighted by Crippen LogP contribution is 2.27. The van der Waals surface area contributed by atoms with Crippen LogP contribution < -0.4 is 5.32 Å². The maximum atomic E-state index is 4.44. The highest BCUT2D eigenvalue weighted by Gasteiger charge is 2.17. The second-order valence-corrected chi connectivity index (χ2v) is 6.33. The normalized spacial score (nSPS) is 14.5. The summed E-state index contributed by atoms with van der Waals surface area (Å²) in [5, 5.41) is 3.56. The van der Waals surface area contributed by atoms with Crippen LogP contribution in [-0.4, -0.2) is 37.5 Å². The predicted molar refractivity (Wildman–Crippen MR) is 117 cm³/mol. The molecule has 2 aromatic carbocycles. The number of nitrogens with zero attached hydrogens (tertiary/aromatic N) is 2. The fourth-order valence-electron chi connectivity index (χ4n) is 3.49. The van der Waals surface area contributed by atoms with Gasteiger partial charge in [0.1, 0.15) is 0 Å². The first-order valence-electron chi connectivity index (χ1n) is 8.94. The van der Waals surface area contributed by atoms with E-state index in [-0.39, 0.29) is 24.0 Å². The largest absolute Gasteiger partial charge is 0.356 e. The Hall–Kier alpha value is -1.56. The Morgan fingerprint density at radius 2 is 1.48 bits per heavy atom. The van der Waals surface area contributed by atoms with E-state index < -0.39 is 0 Å². The zero-order chi connectivity index (χ0) is 16.6. The van der Waals surface area contributed by atoms with Crippen LogP contribution in [0.5, 0.6) is 0 Å². The molecule has 134 valence electrons. The molecule has 25 heavy (non-hydrogen) atoms. The second-order valence-electron chi connectivity index (χ2n) is 6.33. The van der Waals surface area contributed by atoms with Crippen molar-refractivity contribution in [2.75, 3.05) is 26.7 Å². The standard InChI is InChI=1S/C21H27N3.HI/c1-22-21(24-16-8-9-17-24)23-15-14-20(18-10-4-2-5-11-18)19-12-6-3-7-13-19;/h2-7,10-13,20H,8-9,14-17H2,1H3,(H,22,23);1H. The summed E-state index contributed by atoms with van der Waals surface area (Å²) in [4.78, 5) is 6.81. The van der Waals surface area contributed by atoms with Crippen LogP contribution in [0.15, 0.2) is 65.7 Å². The van der Waals surface area contributed by atoms with Gasteiger partial charge in [0.2, 0.25) is 0 Å². The van der Waals surface area contributed by atoms with Crippen LogP contribution in [0.4, 0.5) is 0 Å². The van der Waals surface area contributed by atoms with Gasteiger partial charge in [0.25, 0.3) is 0 Å². The molecule has 0 radical (unpaired) electrons. The van der Waals surface area contributed by atoms with Gasteiger partial charge in [0.15, 0.2) is 5.96 Å². The average Bonchev–Trinajstić information content (AvgIpc) is 3.18. The monoisotopic (exact) mass is 449 g/mol. The lowest BCUT2D eigenvalue weighted by molar-refractivity contribution is 0.490. The zero-order valence-electron chi connectivity index (χ0n) is 14.9. The minimum atomic E-state index is 0. The van der Waals surface area contributed by atoms with Crippen molar-refractivity contribution in [3.63, 3.8) is 0 Å². The molecule has 1 N–H and O–H groups in total. The molecule has 0 aromatic heterocycles. The van der Waals surface area contributed by atoms with Crippen LogP contribution in [0.3, 0.4) is 0 Å². The predicted octanol–water partition coefficient (Wildman–Crippen LogP) is 4.50. The molecule has 0 atom stereocenters.